The van der Waals surface area contributed by atoms with E-state index < -0.39 is 0 Å². The van der Waals surface area contributed by atoms with Gasteiger partial charge in [-0.25, -0.2) is 4.98 Å². The molecule has 0 spiro atoms. The molecular formula is C13H14N2O2. The molecule has 1 aromatic carbocycles. The van der Waals surface area contributed by atoms with Crippen LogP contribution in [0, 0.1) is 11.8 Å². The van der Waals surface area contributed by atoms with Gasteiger partial charge in [0.1, 0.15) is 12.4 Å². The fourth-order valence-corrected chi connectivity index (χ4v) is 1.97. The van der Waals surface area contributed by atoms with Crippen LogP contribution in [0.4, 0.5) is 0 Å². The van der Waals surface area contributed by atoms with Crippen LogP contribution in [0.15, 0.2) is 24.3 Å². The van der Waals surface area contributed by atoms with Gasteiger partial charge >= 0.3 is 5.97 Å². The molecule has 1 aliphatic carbocycles. The summed E-state index contributed by atoms with van der Waals surface area (Å²) in [4.78, 5) is 19.0. The molecule has 1 aliphatic rings. The quantitative estimate of drug-likeness (QED) is 0.823. The van der Waals surface area contributed by atoms with Gasteiger partial charge in [-0.15, -0.1) is 0 Å². The normalized spacial score (nSPS) is 22.6. The highest BCUT2D eigenvalue weighted by Crippen LogP contribution is 2.38. The Labute approximate surface area is 99.0 Å². The van der Waals surface area contributed by atoms with E-state index in [1.807, 2.05) is 24.3 Å². The fraction of sp³-hybridized carbons (Fsp3) is 0.385. The summed E-state index contributed by atoms with van der Waals surface area (Å²) in [6.07, 6.45) is 0.957. The number of hydrogen-bond acceptors (Lipinski definition) is 3. The summed E-state index contributed by atoms with van der Waals surface area (Å²) in [7, 11) is 0. The Hall–Kier alpha value is -1.84. The van der Waals surface area contributed by atoms with Crippen molar-refractivity contribution in [3.05, 3.63) is 30.1 Å². The molecule has 3 rings (SSSR count). The predicted molar refractivity (Wildman–Crippen MR) is 63.2 cm³/mol. The first-order chi connectivity index (χ1) is 8.24. The number of H-pyrrole nitrogens is 1. The number of nitrogens with zero attached hydrogens (tertiary/aromatic N) is 1. The molecule has 2 atom stereocenters. The molecule has 1 N–H and O–H groups in total. The van der Waals surface area contributed by atoms with E-state index in [-0.39, 0.29) is 18.5 Å². The third-order valence-electron chi connectivity index (χ3n) is 3.20. The highest BCUT2D eigenvalue weighted by molar-refractivity contribution is 5.76. The SMILES string of the molecule is C[C@@H]1C[C@H]1C(=O)OCc1nc2ccccc2[nH]1. The van der Waals surface area contributed by atoms with Crippen molar-refractivity contribution in [1.82, 2.24) is 9.97 Å². The van der Waals surface area contributed by atoms with Crippen LogP contribution in [0.1, 0.15) is 19.2 Å². The average Bonchev–Trinajstić information content (AvgIpc) is 2.92. The fourth-order valence-electron chi connectivity index (χ4n) is 1.97. The number of carbonyl (C=O) groups excluding carboxylic acids is 1. The van der Waals surface area contributed by atoms with Crippen molar-refractivity contribution in [3.63, 3.8) is 0 Å². The molecule has 1 heterocycles. The number of para-hydroxylation sites is 2. The van der Waals surface area contributed by atoms with Crippen molar-refractivity contribution < 1.29 is 9.53 Å². The summed E-state index contributed by atoms with van der Waals surface area (Å²) in [5, 5.41) is 0. The van der Waals surface area contributed by atoms with Crippen molar-refractivity contribution in [3.8, 4) is 0 Å². The number of imidazole rings is 1. The second-order valence-electron chi connectivity index (χ2n) is 4.63. The maximum absolute atomic E-state index is 11.5. The van der Waals surface area contributed by atoms with E-state index >= 15 is 0 Å². The minimum Gasteiger partial charge on any atom is -0.457 e. The molecule has 1 aromatic heterocycles. The number of rotatable bonds is 3. The Balaban J connectivity index is 1.66. The second-order valence-corrected chi connectivity index (χ2v) is 4.63. The number of esters is 1. The van der Waals surface area contributed by atoms with Crippen LogP contribution in [0.5, 0.6) is 0 Å². The van der Waals surface area contributed by atoms with Gasteiger partial charge in [0, 0.05) is 0 Å². The maximum Gasteiger partial charge on any atom is 0.309 e. The van der Waals surface area contributed by atoms with Crippen LogP contribution in [-0.4, -0.2) is 15.9 Å². The van der Waals surface area contributed by atoms with Crippen molar-refractivity contribution in [1.29, 1.82) is 0 Å². The molecule has 0 radical (unpaired) electrons. The number of hydrogen-bond donors (Lipinski definition) is 1. The van der Waals surface area contributed by atoms with E-state index in [9.17, 15) is 4.79 Å². The molecule has 0 saturated heterocycles. The summed E-state index contributed by atoms with van der Waals surface area (Å²) >= 11 is 0. The molecule has 88 valence electrons. The summed E-state index contributed by atoms with van der Waals surface area (Å²) in [5.41, 5.74) is 1.87. The topological polar surface area (TPSA) is 55.0 Å². The Morgan fingerprint density at radius 2 is 2.29 bits per heavy atom. The van der Waals surface area contributed by atoms with E-state index in [1.54, 1.807) is 0 Å². The maximum atomic E-state index is 11.5. The Bertz CT molecular complexity index is 528. The number of benzene rings is 1. The largest absolute Gasteiger partial charge is 0.457 e. The molecule has 0 unspecified atom stereocenters. The van der Waals surface area contributed by atoms with Crippen molar-refractivity contribution in [2.45, 2.75) is 20.0 Å². The van der Waals surface area contributed by atoms with Crippen molar-refractivity contribution >= 4 is 17.0 Å². The lowest BCUT2D eigenvalue weighted by molar-refractivity contribution is -0.147. The lowest BCUT2D eigenvalue weighted by atomic mass is 10.3. The molecular weight excluding hydrogens is 216 g/mol. The first-order valence-electron chi connectivity index (χ1n) is 5.84. The number of ether oxygens (including phenoxy) is 1. The zero-order valence-electron chi connectivity index (χ0n) is 9.64. The number of fused-ring (bicyclic) bond motifs is 1. The molecule has 4 heteroatoms. The Morgan fingerprint density at radius 3 is 3.00 bits per heavy atom. The Kier molecular flexibility index (Phi) is 2.35. The number of carbonyl (C=O) groups is 1. The van der Waals surface area contributed by atoms with Gasteiger partial charge in [0.2, 0.25) is 0 Å². The van der Waals surface area contributed by atoms with E-state index in [4.69, 9.17) is 4.74 Å². The first-order valence-corrected chi connectivity index (χ1v) is 5.84. The Morgan fingerprint density at radius 1 is 1.53 bits per heavy atom. The van der Waals surface area contributed by atoms with Crippen LogP contribution in [0.25, 0.3) is 11.0 Å². The molecule has 1 saturated carbocycles. The summed E-state index contributed by atoms with van der Waals surface area (Å²) in [6, 6.07) is 7.77. The summed E-state index contributed by atoms with van der Waals surface area (Å²) < 4.78 is 5.22. The van der Waals surface area contributed by atoms with Gasteiger partial charge in [-0.05, 0) is 24.5 Å². The zero-order chi connectivity index (χ0) is 11.8. The third-order valence-corrected chi connectivity index (χ3v) is 3.20. The van der Waals surface area contributed by atoms with E-state index in [2.05, 4.69) is 16.9 Å². The van der Waals surface area contributed by atoms with Gasteiger partial charge in [0.05, 0.1) is 17.0 Å². The number of aromatic nitrogens is 2. The second kappa shape index (κ2) is 3.87. The van der Waals surface area contributed by atoms with Crippen LogP contribution >= 0.6 is 0 Å². The van der Waals surface area contributed by atoms with Crippen molar-refractivity contribution in [2.24, 2.45) is 11.8 Å². The van der Waals surface area contributed by atoms with Gasteiger partial charge < -0.3 is 9.72 Å². The number of nitrogens with one attached hydrogen (secondary N) is 1. The van der Waals surface area contributed by atoms with Crippen LogP contribution in [-0.2, 0) is 16.1 Å². The third kappa shape index (κ3) is 2.02. The van der Waals surface area contributed by atoms with Crippen LogP contribution < -0.4 is 0 Å². The molecule has 0 amide bonds. The first kappa shape index (κ1) is 10.3. The summed E-state index contributed by atoms with van der Waals surface area (Å²) in [5.74, 6) is 1.20. The lowest BCUT2D eigenvalue weighted by Gasteiger charge is -2.00. The summed E-state index contributed by atoms with van der Waals surface area (Å²) in [6.45, 7) is 2.30. The lowest BCUT2D eigenvalue weighted by Crippen LogP contribution is -2.08. The minimum absolute atomic E-state index is 0.0991. The molecule has 1 fully saturated rings. The van der Waals surface area contributed by atoms with Gasteiger partial charge in [0.15, 0.2) is 0 Å². The molecule has 0 bridgehead atoms. The van der Waals surface area contributed by atoms with Gasteiger partial charge in [-0.3, -0.25) is 4.79 Å². The zero-order valence-corrected chi connectivity index (χ0v) is 9.64. The smallest absolute Gasteiger partial charge is 0.309 e. The molecule has 2 aromatic rings. The number of aromatic amines is 1. The van der Waals surface area contributed by atoms with E-state index in [1.165, 1.54) is 0 Å². The molecule has 4 nitrogen and oxygen atoms in total. The standard InChI is InChI=1S/C13H14N2O2/c1-8-6-9(8)13(16)17-7-12-14-10-4-2-3-5-11(10)15-12/h2-5,8-9H,6-7H2,1H3,(H,14,15)/t8-,9-/m1/s1. The highest BCUT2D eigenvalue weighted by atomic mass is 16.5. The predicted octanol–water partition coefficient (Wildman–Crippen LogP) is 2.26. The van der Waals surface area contributed by atoms with Gasteiger partial charge in [0.25, 0.3) is 0 Å². The van der Waals surface area contributed by atoms with E-state index in [0.29, 0.717) is 11.7 Å². The monoisotopic (exact) mass is 230 g/mol. The van der Waals surface area contributed by atoms with Crippen LogP contribution in [0.3, 0.4) is 0 Å². The minimum atomic E-state index is -0.0991. The highest BCUT2D eigenvalue weighted by Gasteiger charge is 2.40. The molecule has 0 aliphatic heterocycles. The van der Waals surface area contributed by atoms with E-state index in [0.717, 1.165) is 17.5 Å². The van der Waals surface area contributed by atoms with Gasteiger partial charge in [-0.2, -0.15) is 0 Å². The van der Waals surface area contributed by atoms with Crippen LogP contribution in [0.2, 0.25) is 0 Å². The molecule has 17 heavy (non-hydrogen) atoms. The average molecular weight is 230 g/mol. The van der Waals surface area contributed by atoms with Gasteiger partial charge in [-0.1, -0.05) is 19.1 Å². The van der Waals surface area contributed by atoms with Crippen molar-refractivity contribution in [2.75, 3.05) is 0 Å².